The Kier molecular flexibility index (Phi) is 6.90. The Morgan fingerprint density at radius 3 is 2.07 bits per heavy atom. The van der Waals surface area contributed by atoms with Crippen LogP contribution in [0.4, 0.5) is 0 Å². The fourth-order valence-corrected chi connectivity index (χ4v) is 1.16. The van der Waals surface area contributed by atoms with Crippen molar-refractivity contribution in [3.63, 3.8) is 0 Å². The number of rotatable bonds is 6. The SMILES string of the molecule is CC(C)=CCC(C)C(C)COC(C)C. The van der Waals surface area contributed by atoms with Crippen LogP contribution in [0.3, 0.4) is 0 Å². The average Bonchev–Trinajstić information content (AvgIpc) is 2.09. The summed E-state index contributed by atoms with van der Waals surface area (Å²) in [5.74, 6) is 1.36. The van der Waals surface area contributed by atoms with Crippen LogP contribution in [0.5, 0.6) is 0 Å². The van der Waals surface area contributed by atoms with E-state index in [4.69, 9.17) is 4.74 Å². The molecule has 0 bridgehead atoms. The van der Waals surface area contributed by atoms with Gasteiger partial charge in [0.05, 0.1) is 6.10 Å². The maximum Gasteiger partial charge on any atom is 0.0519 e. The highest BCUT2D eigenvalue weighted by Crippen LogP contribution is 2.17. The monoisotopic (exact) mass is 198 g/mol. The Balaban J connectivity index is 3.75. The lowest BCUT2D eigenvalue weighted by Gasteiger charge is -2.20. The normalized spacial score (nSPS) is 15.4. The molecule has 0 rings (SSSR count). The number of hydrogen-bond donors (Lipinski definition) is 0. The van der Waals surface area contributed by atoms with Gasteiger partial charge in [-0.25, -0.2) is 0 Å². The lowest BCUT2D eigenvalue weighted by atomic mass is 9.93. The number of allylic oxidation sites excluding steroid dienone is 2. The molecule has 0 heterocycles. The standard InChI is InChI=1S/C13H26O/c1-10(2)7-8-12(5)13(6)9-14-11(3)4/h7,11-13H,8-9H2,1-6H3. The van der Waals surface area contributed by atoms with E-state index in [1.807, 2.05) is 0 Å². The highest BCUT2D eigenvalue weighted by atomic mass is 16.5. The van der Waals surface area contributed by atoms with Gasteiger partial charge in [0.1, 0.15) is 0 Å². The molecule has 0 aliphatic heterocycles. The molecule has 0 aromatic rings. The number of hydrogen-bond acceptors (Lipinski definition) is 1. The first-order valence-electron chi connectivity index (χ1n) is 5.68. The van der Waals surface area contributed by atoms with Crippen molar-refractivity contribution >= 4 is 0 Å². The van der Waals surface area contributed by atoms with E-state index < -0.39 is 0 Å². The van der Waals surface area contributed by atoms with E-state index in [1.54, 1.807) is 0 Å². The van der Waals surface area contributed by atoms with Gasteiger partial charge in [0.25, 0.3) is 0 Å². The third-order valence-corrected chi connectivity index (χ3v) is 2.56. The summed E-state index contributed by atoms with van der Waals surface area (Å²) in [7, 11) is 0. The van der Waals surface area contributed by atoms with Crippen molar-refractivity contribution in [2.24, 2.45) is 11.8 Å². The Morgan fingerprint density at radius 2 is 1.64 bits per heavy atom. The summed E-state index contributed by atoms with van der Waals surface area (Å²) in [6.45, 7) is 13.9. The van der Waals surface area contributed by atoms with Crippen LogP contribution in [-0.2, 0) is 4.74 Å². The molecule has 84 valence electrons. The second-order valence-corrected chi connectivity index (χ2v) is 4.85. The Morgan fingerprint density at radius 1 is 1.07 bits per heavy atom. The van der Waals surface area contributed by atoms with Crippen molar-refractivity contribution < 1.29 is 4.74 Å². The zero-order valence-electron chi connectivity index (χ0n) is 10.6. The third-order valence-electron chi connectivity index (χ3n) is 2.56. The molecule has 0 N–H and O–H groups in total. The molecule has 0 radical (unpaired) electrons. The molecular weight excluding hydrogens is 172 g/mol. The summed E-state index contributed by atoms with van der Waals surface area (Å²) >= 11 is 0. The Labute approximate surface area is 89.5 Å². The van der Waals surface area contributed by atoms with Crippen LogP contribution in [-0.4, -0.2) is 12.7 Å². The predicted molar refractivity (Wildman–Crippen MR) is 63.5 cm³/mol. The van der Waals surface area contributed by atoms with E-state index in [0.717, 1.165) is 6.61 Å². The summed E-state index contributed by atoms with van der Waals surface area (Å²) in [5, 5.41) is 0. The Bertz CT molecular complexity index is 166. The quantitative estimate of drug-likeness (QED) is 0.585. The first-order chi connectivity index (χ1) is 6.43. The van der Waals surface area contributed by atoms with Gasteiger partial charge in [0.15, 0.2) is 0 Å². The molecule has 0 saturated heterocycles. The van der Waals surface area contributed by atoms with Crippen LogP contribution in [0.1, 0.15) is 48.0 Å². The van der Waals surface area contributed by atoms with Gasteiger partial charge in [0, 0.05) is 6.61 Å². The summed E-state index contributed by atoms with van der Waals surface area (Å²) in [6.07, 6.45) is 3.84. The predicted octanol–water partition coefficient (Wildman–Crippen LogP) is 4.04. The zero-order chi connectivity index (χ0) is 11.1. The second-order valence-electron chi connectivity index (χ2n) is 4.85. The second kappa shape index (κ2) is 7.05. The van der Waals surface area contributed by atoms with Gasteiger partial charge in [-0.3, -0.25) is 0 Å². The van der Waals surface area contributed by atoms with Gasteiger partial charge in [-0.15, -0.1) is 0 Å². The molecule has 0 saturated carbocycles. The van der Waals surface area contributed by atoms with E-state index in [-0.39, 0.29) is 0 Å². The van der Waals surface area contributed by atoms with Crippen molar-refractivity contribution in [1.29, 1.82) is 0 Å². The van der Waals surface area contributed by atoms with Gasteiger partial charge in [0.2, 0.25) is 0 Å². The average molecular weight is 198 g/mol. The van der Waals surface area contributed by atoms with E-state index in [1.165, 1.54) is 12.0 Å². The van der Waals surface area contributed by atoms with Crippen LogP contribution in [0.25, 0.3) is 0 Å². The van der Waals surface area contributed by atoms with E-state index >= 15 is 0 Å². The van der Waals surface area contributed by atoms with Gasteiger partial charge in [-0.05, 0) is 46.0 Å². The first-order valence-corrected chi connectivity index (χ1v) is 5.68. The summed E-state index contributed by atoms with van der Waals surface area (Å²) in [4.78, 5) is 0. The summed E-state index contributed by atoms with van der Waals surface area (Å²) in [6, 6.07) is 0. The lowest BCUT2D eigenvalue weighted by Crippen LogP contribution is -2.17. The fraction of sp³-hybridized carbons (Fsp3) is 0.846. The van der Waals surface area contributed by atoms with Crippen LogP contribution < -0.4 is 0 Å². The maximum absolute atomic E-state index is 5.61. The van der Waals surface area contributed by atoms with E-state index in [9.17, 15) is 0 Å². The highest BCUT2D eigenvalue weighted by Gasteiger charge is 2.11. The minimum Gasteiger partial charge on any atom is -0.379 e. The van der Waals surface area contributed by atoms with Gasteiger partial charge in [-0.2, -0.15) is 0 Å². The zero-order valence-corrected chi connectivity index (χ0v) is 10.6. The van der Waals surface area contributed by atoms with Crippen LogP contribution in [0.2, 0.25) is 0 Å². The molecule has 14 heavy (non-hydrogen) atoms. The van der Waals surface area contributed by atoms with E-state index in [2.05, 4.69) is 47.6 Å². The lowest BCUT2D eigenvalue weighted by molar-refractivity contribution is 0.0425. The third kappa shape index (κ3) is 7.14. The molecule has 0 aromatic carbocycles. The summed E-state index contributed by atoms with van der Waals surface area (Å²) < 4.78 is 5.61. The topological polar surface area (TPSA) is 9.23 Å². The van der Waals surface area contributed by atoms with Crippen LogP contribution in [0, 0.1) is 11.8 Å². The molecule has 2 atom stereocenters. The van der Waals surface area contributed by atoms with Gasteiger partial charge >= 0.3 is 0 Å². The Hall–Kier alpha value is -0.300. The molecule has 0 aliphatic carbocycles. The minimum absolute atomic E-state index is 0.355. The summed E-state index contributed by atoms with van der Waals surface area (Å²) in [5.41, 5.74) is 1.41. The molecule has 0 spiro atoms. The smallest absolute Gasteiger partial charge is 0.0519 e. The molecule has 0 aromatic heterocycles. The molecule has 0 fully saturated rings. The number of ether oxygens (including phenoxy) is 1. The molecule has 2 unspecified atom stereocenters. The van der Waals surface area contributed by atoms with Crippen molar-refractivity contribution in [2.75, 3.05) is 6.61 Å². The van der Waals surface area contributed by atoms with Crippen LogP contribution in [0.15, 0.2) is 11.6 Å². The molecule has 1 nitrogen and oxygen atoms in total. The molecular formula is C13H26O. The van der Waals surface area contributed by atoms with Crippen molar-refractivity contribution in [2.45, 2.75) is 54.1 Å². The first kappa shape index (κ1) is 13.7. The van der Waals surface area contributed by atoms with Crippen LogP contribution >= 0.6 is 0 Å². The fourth-order valence-electron chi connectivity index (χ4n) is 1.16. The minimum atomic E-state index is 0.355. The van der Waals surface area contributed by atoms with Crippen molar-refractivity contribution in [1.82, 2.24) is 0 Å². The van der Waals surface area contributed by atoms with E-state index in [0.29, 0.717) is 17.9 Å². The highest BCUT2D eigenvalue weighted by molar-refractivity contribution is 4.94. The largest absolute Gasteiger partial charge is 0.379 e. The van der Waals surface area contributed by atoms with Gasteiger partial charge in [-0.1, -0.05) is 25.5 Å². The molecule has 1 heteroatoms. The molecule has 0 aliphatic rings. The van der Waals surface area contributed by atoms with Crippen molar-refractivity contribution in [3.05, 3.63) is 11.6 Å². The van der Waals surface area contributed by atoms with Gasteiger partial charge < -0.3 is 4.74 Å². The maximum atomic E-state index is 5.61. The van der Waals surface area contributed by atoms with Crippen molar-refractivity contribution in [3.8, 4) is 0 Å². The molecule has 0 amide bonds.